The SMILES string of the molecule is COc1cccc(/C=N/[S@@](=O)C(C)(C)C)c1-c1c(OC)cccc1P(c1ccccc1)c1ccccc1. The molecule has 0 amide bonds. The Morgan fingerprint density at radius 2 is 1.22 bits per heavy atom. The molecule has 4 nitrogen and oxygen atoms in total. The van der Waals surface area contributed by atoms with E-state index in [2.05, 4.69) is 59.0 Å². The van der Waals surface area contributed by atoms with Gasteiger partial charge < -0.3 is 9.47 Å². The molecule has 0 aliphatic rings. The van der Waals surface area contributed by atoms with Crippen LogP contribution in [-0.4, -0.2) is 29.4 Å². The van der Waals surface area contributed by atoms with Gasteiger partial charge in [0.25, 0.3) is 0 Å². The second-order valence-electron chi connectivity index (χ2n) is 9.38. The fourth-order valence-corrected chi connectivity index (χ4v) is 7.07. The molecule has 0 aliphatic heterocycles. The maximum absolute atomic E-state index is 12.8. The lowest BCUT2D eigenvalue weighted by atomic mass is 9.98. The van der Waals surface area contributed by atoms with Crippen LogP contribution in [0.4, 0.5) is 0 Å². The van der Waals surface area contributed by atoms with E-state index in [-0.39, 0.29) is 0 Å². The molecule has 1 atom stereocenters. The smallest absolute Gasteiger partial charge is 0.144 e. The van der Waals surface area contributed by atoms with Crippen LogP contribution in [0, 0.1) is 0 Å². The van der Waals surface area contributed by atoms with Gasteiger partial charge in [-0.2, -0.15) is 4.40 Å². The van der Waals surface area contributed by atoms with Gasteiger partial charge in [-0.3, -0.25) is 0 Å². The van der Waals surface area contributed by atoms with Crippen LogP contribution in [0.2, 0.25) is 0 Å². The van der Waals surface area contributed by atoms with Gasteiger partial charge in [-0.15, -0.1) is 0 Å². The molecule has 0 aromatic heterocycles. The summed E-state index contributed by atoms with van der Waals surface area (Å²) in [6.07, 6.45) is 1.70. The van der Waals surface area contributed by atoms with Crippen molar-refractivity contribution in [2.75, 3.05) is 14.2 Å². The third-order valence-electron chi connectivity index (χ3n) is 5.83. The number of ether oxygens (including phenoxy) is 2. The van der Waals surface area contributed by atoms with Crippen LogP contribution >= 0.6 is 7.92 Å². The molecular formula is C31H32NO3PS. The quantitative estimate of drug-likeness (QED) is 0.208. The van der Waals surface area contributed by atoms with Crippen molar-refractivity contribution in [3.63, 3.8) is 0 Å². The Morgan fingerprint density at radius 1 is 0.703 bits per heavy atom. The Bertz CT molecular complexity index is 1360. The largest absolute Gasteiger partial charge is 0.496 e. The standard InChI is InChI=1S/C31H32NO3PS/c1-31(2,3)37(33)32-22-23-14-12-19-26(34-4)29(23)30-27(35-5)20-13-21-28(30)36(24-15-8-6-9-16-24)25-17-10-7-11-18-25/h6-22H,1-5H3/b32-22+/t37-/m0/s1. The van der Waals surface area contributed by atoms with Crippen molar-refractivity contribution >= 4 is 41.0 Å². The lowest BCUT2D eigenvalue weighted by molar-refractivity contribution is 0.410. The van der Waals surface area contributed by atoms with Gasteiger partial charge in [0.2, 0.25) is 0 Å². The molecule has 37 heavy (non-hydrogen) atoms. The third kappa shape index (κ3) is 6.01. The number of hydrogen-bond donors (Lipinski definition) is 0. The molecule has 0 heterocycles. The average Bonchev–Trinajstić information content (AvgIpc) is 2.92. The van der Waals surface area contributed by atoms with Gasteiger partial charge in [0.05, 0.1) is 19.0 Å². The molecule has 6 heteroatoms. The Labute approximate surface area is 223 Å². The highest BCUT2D eigenvalue weighted by Gasteiger charge is 2.26. The van der Waals surface area contributed by atoms with Crippen molar-refractivity contribution < 1.29 is 13.7 Å². The van der Waals surface area contributed by atoms with E-state index in [1.807, 2.05) is 63.2 Å². The summed E-state index contributed by atoms with van der Waals surface area (Å²) in [5.41, 5.74) is 2.63. The molecule has 0 radical (unpaired) electrons. The van der Waals surface area contributed by atoms with E-state index in [0.717, 1.165) is 27.7 Å². The minimum absolute atomic E-state index is 0.458. The van der Waals surface area contributed by atoms with Gasteiger partial charge in [0.1, 0.15) is 22.5 Å². The summed E-state index contributed by atoms with van der Waals surface area (Å²) in [4.78, 5) is 0. The van der Waals surface area contributed by atoms with Gasteiger partial charge in [0.15, 0.2) is 0 Å². The van der Waals surface area contributed by atoms with E-state index >= 15 is 0 Å². The van der Waals surface area contributed by atoms with E-state index in [0.29, 0.717) is 5.75 Å². The van der Waals surface area contributed by atoms with Gasteiger partial charge in [-0.25, -0.2) is 4.21 Å². The molecule has 0 N–H and O–H groups in total. The molecule has 4 rings (SSSR count). The molecule has 0 saturated carbocycles. The summed E-state index contributed by atoms with van der Waals surface area (Å²) in [7, 11) is 1.04. The van der Waals surface area contributed by atoms with Crippen LogP contribution in [0.25, 0.3) is 11.1 Å². The number of methoxy groups -OCH3 is 2. The first kappa shape index (κ1) is 26.8. The molecule has 0 fully saturated rings. The summed E-state index contributed by atoms with van der Waals surface area (Å²) in [6, 6.07) is 33.1. The first-order valence-corrected chi connectivity index (χ1v) is 14.5. The van der Waals surface area contributed by atoms with Crippen molar-refractivity contribution in [3.05, 3.63) is 103 Å². The summed E-state index contributed by atoms with van der Waals surface area (Å²) < 4.78 is 28.6. The van der Waals surface area contributed by atoms with Gasteiger partial charge in [0, 0.05) is 22.9 Å². The van der Waals surface area contributed by atoms with Crippen LogP contribution in [0.3, 0.4) is 0 Å². The normalized spacial score (nSPS) is 12.6. The second kappa shape index (κ2) is 11.9. The monoisotopic (exact) mass is 529 g/mol. The van der Waals surface area contributed by atoms with Crippen LogP contribution in [-0.2, 0) is 11.0 Å². The highest BCUT2D eigenvalue weighted by Crippen LogP contribution is 2.44. The summed E-state index contributed by atoms with van der Waals surface area (Å²) >= 11 is 0. The molecule has 4 aromatic rings. The zero-order chi connectivity index (χ0) is 26.4. The molecule has 0 aliphatic carbocycles. The Morgan fingerprint density at radius 3 is 1.73 bits per heavy atom. The predicted molar refractivity (Wildman–Crippen MR) is 159 cm³/mol. The fraction of sp³-hybridized carbons (Fsp3) is 0.194. The van der Waals surface area contributed by atoms with E-state index in [1.54, 1.807) is 20.4 Å². The van der Waals surface area contributed by atoms with Crippen molar-refractivity contribution in [1.29, 1.82) is 0 Å². The summed E-state index contributed by atoms with van der Waals surface area (Å²) in [6.45, 7) is 5.74. The maximum atomic E-state index is 12.8. The maximum Gasteiger partial charge on any atom is 0.144 e. The molecular weight excluding hydrogens is 497 g/mol. The number of benzene rings is 4. The van der Waals surface area contributed by atoms with Crippen molar-refractivity contribution in [1.82, 2.24) is 0 Å². The highest BCUT2D eigenvalue weighted by molar-refractivity contribution is 7.85. The van der Waals surface area contributed by atoms with E-state index < -0.39 is 23.7 Å². The lowest BCUT2D eigenvalue weighted by Crippen LogP contribution is -2.23. The summed E-state index contributed by atoms with van der Waals surface area (Å²) in [5.74, 6) is 1.44. The summed E-state index contributed by atoms with van der Waals surface area (Å²) in [5, 5.41) is 3.61. The van der Waals surface area contributed by atoms with Crippen molar-refractivity contribution in [2.45, 2.75) is 25.5 Å². The number of rotatable bonds is 8. The minimum Gasteiger partial charge on any atom is -0.496 e. The molecule has 0 spiro atoms. The third-order valence-corrected chi connectivity index (χ3v) is 9.66. The lowest BCUT2D eigenvalue weighted by Gasteiger charge is -2.25. The minimum atomic E-state index is -1.39. The van der Waals surface area contributed by atoms with Crippen LogP contribution in [0.1, 0.15) is 26.3 Å². The Balaban J connectivity index is 2.02. The topological polar surface area (TPSA) is 47.9 Å². The van der Waals surface area contributed by atoms with E-state index in [9.17, 15) is 4.21 Å². The van der Waals surface area contributed by atoms with E-state index in [4.69, 9.17) is 9.47 Å². The number of nitrogens with zero attached hydrogens (tertiary/aromatic N) is 1. The van der Waals surface area contributed by atoms with Gasteiger partial charge in [-0.1, -0.05) is 84.9 Å². The Kier molecular flexibility index (Phi) is 8.58. The molecule has 4 aromatic carbocycles. The van der Waals surface area contributed by atoms with Crippen LogP contribution in [0.5, 0.6) is 11.5 Å². The van der Waals surface area contributed by atoms with Gasteiger partial charge in [-0.05, 0) is 56.7 Å². The van der Waals surface area contributed by atoms with Crippen LogP contribution in [0.15, 0.2) is 101 Å². The molecule has 190 valence electrons. The molecule has 0 unspecified atom stereocenters. The fourth-order valence-electron chi connectivity index (χ4n) is 4.06. The van der Waals surface area contributed by atoms with Crippen molar-refractivity contribution in [3.8, 4) is 22.6 Å². The van der Waals surface area contributed by atoms with Crippen molar-refractivity contribution in [2.24, 2.45) is 4.40 Å². The first-order chi connectivity index (χ1) is 17.8. The first-order valence-electron chi connectivity index (χ1n) is 12.1. The van der Waals surface area contributed by atoms with Gasteiger partial charge >= 0.3 is 0 Å². The zero-order valence-electron chi connectivity index (χ0n) is 21.8. The molecule has 0 saturated heterocycles. The predicted octanol–water partition coefficient (Wildman–Crippen LogP) is 6.01. The second-order valence-corrected chi connectivity index (χ2v) is 13.5. The average molecular weight is 530 g/mol. The zero-order valence-corrected chi connectivity index (χ0v) is 23.6. The Hall–Kier alpha value is -3.27. The van der Waals surface area contributed by atoms with E-state index in [1.165, 1.54) is 10.6 Å². The van der Waals surface area contributed by atoms with Crippen LogP contribution < -0.4 is 25.4 Å². The highest BCUT2D eigenvalue weighted by atomic mass is 32.2. The number of hydrogen-bond acceptors (Lipinski definition) is 3. The molecule has 0 bridgehead atoms.